The first-order valence-electron chi connectivity index (χ1n) is 7.58. The highest BCUT2D eigenvalue weighted by Crippen LogP contribution is 2.59. The third kappa shape index (κ3) is 2.40. The van der Waals surface area contributed by atoms with Crippen LogP contribution in [-0.2, 0) is 9.31 Å². The first kappa shape index (κ1) is 16.8. The summed E-state index contributed by atoms with van der Waals surface area (Å²) in [5, 5.41) is 0. The molecule has 1 heterocycles. The first-order chi connectivity index (χ1) is 10.4. The van der Waals surface area contributed by atoms with Crippen molar-refractivity contribution in [1.29, 1.82) is 0 Å². The minimum Gasteiger partial charge on any atom is -0.399 e. The summed E-state index contributed by atoms with van der Waals surface area (Å²) in [5.74, 6) is -9.42. The van der Waals surface area contributed by atoms with Crippen LogP contribution >= 0.6 is 0 Å². The zero-order valence-corrected chi connectivity index (χ0v) is 13.5. The Morgan fingerprint density at radius 3 is 2.04 bits per heavy atom. The molecule has 2 nitrogen and oxygen atoms in total. The van der Waals surface area contributed by atoms with E-state index in [1.807, 2.05) is 27.7 Å². The monoisotopic (exact) mass is 330 g/mol. The van der Waals surface area contributed by atoms with Gasteiger partial charge in [-0.05, 0) is 38.7 Å². The minimum absolute atomic E-state index is 0.188. The van der Waals surface area contributed by atoms with E-state index < -0.39 is 42.5 Å². The summed E-state index contributed by atoms with van der Waals surface area (Å²) in [6.45, 7) is 7.55. The maximum Gasteiger partial charge on any atom is 0.494 e. The van der Waals surface area contributed by atoms with Crippen LogP contribution in [0.5, 0.6) is 0 Å². The zero-order chi connectivity index (χ0) is 17.3. The lowest BCUT2D eigenvalue weighted by Gasteiger charge is -2.44. The lowest BCUT2D eigenvalue weighted by atomic mass is 9.70. The van der Waals surface area contributed by atoms with E-state index in [0.717, 1.165) is 0 Å². The molecule has 1 aliphatic heterocycles. The van der Waals surface area contributed by atoms with Crippen LogP contribution in [0.3, 0.4) is 0 Å². The standard InChI is InChI=1S/C16H19BF4O2/c1-13(2)14(3,4)23-17(22-13)11-7-5-6-10(8-11)12-9-15(18,19)16(12,20)21/h5-8,12H,9H2,1-4H3. The third-order valence-electron chi connectivity index (χ3n) is 5.22. The Morgan fingerprint density at radius 1 is 1.00 bits per heavy atom. The summed E-state index contributed by atoms with van der Waals surface area (Å²) in [6.07, 6.45) is -0.840. The Hall–Kier alpha value is -1.08. The highest BCUT2D eigenvalue weighted by Gasteiger charge is 2.71. The molecule has 0 radical (unpaired) electrons. The van der Waals surface area contributed by atoms with E-state index in [1.54, 1.807) is 12.1 Å². The van der Waals surface area contributed by atoms with Crippen LogP contribution in [0.4, 0.5) is 17.6 Å². The van der Waals surface area contributed by atoms with Crippen molar-refractivity contribution in [3.8, 4) is 0 Å². The summed E-state index contributed by atoms with van der Waals surface area (Å²) >= 11 is 0. The molecule has 1 unspecified atom stereocenters. The lowest BCUT2D eigenvalue weighted by Crippen LogP contribution is -2.57. The van der Waals surface area contributed by atoms with Gasteiger partial charge < -0.3 is 9.31 Å². The Morgan fingerprint density at radius 2 is 1.57 bits per heavy atom. The van der Waals surface area contributed by atoms with Gasteiger partial charge in [-0.3, -0.25) is 0 Å². The van der Waals surface area contributed by atoms with Crippen molar-refractivity contribution in [1.82, 2.24) is 0 Å². The fourth-order valence-electron chi connectivity index (χ4n) is 2.87. The third-order valence-corrected chi connectivity index (χ3v) is 5.22. The molecule has 126 valence electrons. The summed E-state index contributed by atoms with van der Waals surface area (Å²) in [7, 11) is -0.700. The molecule has 0 bridgehead atoms. The van der Waals surface area contributed by atoms with Crippen molar-refractivity contribution >= 4 is 12.6 Å². The second-order valence-corrected chi connectivity index (χ2v) is 7.34. The maximum absolute atomic E-state index is 13.6. The van der Waals surface area contributed by atoms with E-state index in [-0.39, 0.29) is 5.56 Å². The maximum atomic E-state index is 13.6. The normalized spacial score (nSPS) is 30.1. The van der Waals surface area contributed by atoms with Gasteiger partial charge in [0.25, 0.3) is 0 Å². The molecule has 2 aliphatic rings. The summed E-state index contributed by atoms with van der Waals surface area (Å²) < 4.78 is 65.1. The van der Waals surface area contributed by atoms with Gasteiger partial charge in [-0.25, -0.2) is 0 Å². The molecule has 7 heteroatoms. The van der Waals surface area contributed by atoms with Gasteiger partial charge in [-0.15, -0.1) is 0 Å². The molecule has 2 fully saturated rings. The molecule has 0 amide bonds. The number of alkyl halides is 4. The highest BCUT2D eigenvalue weighted by atomic mass is 19.3. The molecule has 1 aromatic carbocycles. The second-order valence-electron chi connectivity index (χ2n) is 7.34. The molecular formula is C16H19BF4O2. The average Bonchev–Trinajstić information content (AvgIpc) is 2.65. The van der Waals surface area contributed by atoms with E-state index in [4.69, 9.17) is 9.31 Å². The molecule has 3 rings (SSSR count). The van der Waals surface area contributed by atoms with E-state index in [2.05, 4.69) is 0 Å². The van der Waals surface area contributed by atoms with Crippen LogP contribution in [0, 0.1) is 0 Å². The topological polar surface area (TPSA) is 18.5 Å². The Bertz CT molecular complexity index is 614. The Balaban J connectivity index is 1.86. The van der Waals surface area contributed by atoms with Gasteiger partial charge in [0.2, 0.25) is 0 Å². The molecular weight excluding hydrogens is 311 g/mol. The van der Waals surface area contributed by atoms with Crippen LogP contribution in [0.2, 0.25) is 0 Å². The second kappa shape index (κ2) is 4.73. The molecule has 0 aromatic heterocycles. The van der Waals surface area contributed by atoms with Crippen molar-refractivity contribution in [2.45, 2.75) is 63.1 Å². The molecule has 1 saturated carbocycles. The zero-order valence-electron chi connectivity index (χ0n) is 13.5. The molecule has 1 aliphatic carbocycles. The first-order valence-corrected chi connectivity index (χ1v) is 7.58. The number of hydrogen-bond acceptors (Lipinski definition) is 2. The number of rotatable bonds is 2. The van der Waals surface area contributed by atoms with E-state index in [9.17, 15) is 17.6 Å². The fourth-order valence-corrected chi connectivity index (χ4v) is 2.87. The molecule has 23 heavy (non-hydrogen) atoms. The summed E-state index contributed by atoms with van der Waals surface area (Å²) in [5.41, 5.74) is -0.359. The van der Waals surface area contributed by atoms with Crippen molar-refractivity contribution in [2.24, 2.45) is 0 Å². The molecule has 1 aromatic rings. The Labute approximate surface area is 133 Å². The van der Waals surface area contributed by atoms with Crippen molar-refractivity contribution in [3.05, 3.63) is 29.8 Å². The number of hydrogen-bond donors (Lipinski definition) is 0. The number of benzene rings is 1. The van der Waals surface area contributed by atoms with Gasteiger partial charge in [0.1, 0.15) is 0 Å². The lowest BCUT2D eigenvalue weighted by molar-refractivity contribution is -0.290. The number of halogens is 4. The van der Waals surface area contributed by atoms with Crippen molar-refractivity contribution in [3.63, 3.8) is 0 Å². The van der Waals surface area contributed by atoms with Crippen LogP contribution in [0.15, 0.2) is 24.3 Å². The fraction of sp³-hybridized carbons (Fsp3) is 0.625. The molecule has 1 saturated heterocycles. The summed E-state index contributed by atoms with van der Waals surface area (Å²) in [4.78, 5) is 0. The highest BCUT2D eigenvalue weighted by molar-refractivity contribution is 6.62. The van der Waals surface area contributed by atoms with E-state index in [1.165, 1.54) is 12.1 Å². The predicted octanol–water partition coefficient (Wildman–Crippen LogP) is 3.74. The predicted molar refractivity (Wildman–Crippen MR) is 79.4 cm³/mol. The van der Waals surface area contributed by atoms with E-state index >= 15 is 0 Å². The van der Waals surface area contributed by atoms with Crippen LogP contribution in [-0.4, -0.2) is 30.2 Å². The molecule has 0 N–H and O–H groups in total. The quantitative estimate of drug-likeness (QED) is 0.607. The van der Waals surface area contributed by atoms with Gasteiger partial charge in [0.15, 0.2) is 0 Å². The van der Waals surface area contributed by atoms with Crippen molar-refractivity contribution in [2.75, 3.05) is 0 Å². The largest absolute Gasteiger partial charge is 0.494 e. The van der Waals surface area contributed by atoms with Crippen LogP contribution in [0.1, 0.15) is 45.6 Å². The van der Waals surface area contributed by atoms with Gasteiger partial charge in [0, 0.05) is 6.42 Å². The van der Waals surface area contributed by atoms with Gasteiger partial charge in [-0.1, -0.05) is 24.3 Å². The molecule has 1 atom stereocenters. The smallest absolute Gasteiger partial charge is 0.399 e. The minimum atomic E-state index is -4.01. The Kier molecular flexibility index (Phi) is 3.45. The van der Waals surface area contributed by atoms with Crippen molar-refractivity contribution < 1.29 is 26.9 Å². The molecule has 0 spiro atoms. The summed E-state index contributed by atoms with van der Waals surface area (Å²) in [6, 6.07) is 6.20. The average molecular weight is 330 g/mol. The van der Waals surface area contributed by atoms with Gasteiger partial charge >= 0.3 is 19.0 Å². The van der Waals surface area contributed by atoms with Crippen LogP contribution in [0.25, 0.3) is 0 Å². The van der Waals surface area contributed by atoms with Crippen LogP contribution < -0.4 is 5.46 Å². The van der Waals surface area contributed by atoms with E-state index in [0.29, 0.717) is 5.46 Å². The van der Waals surface area contributed by atoms with Gasteiger partial charge in [-0.2, -0.15) is 17.6 Å². The van der Waals surface area contributed by atoms with Gasteiger partial charge in [0.05, 0.1) is 17.1 Å². The SMILES string of the molecule is CC1(C)OB(c2cccc(C3CC(F)(F)C3(F)F)c2)OC1(C)C.